The maximum absolute atomic E-state index is 3.76. The Morgan fingerprint density at radius 2 is 1.57 bits per heavy atom. The van der Waals surface area contributed by atoms with Crippen LogP contribution in [0.25, 0.3) is 0 Å². The summed E-state index contributed by atoms with van der Waals surface area (Å²) in [6.07, 6.45) is 11.5. The van der Waals surface area contributed by atoms with Crippen molar-refractivity contribution in [3.63, 3.8) is 0 Å². The van der Waals surface area contributed by atoms with Crippen LogP contribution >= 0.6 is 0 Å². The molecule has 0 spiro atoms. The van der Waals surface area contributed by atoms with E-state index in [0.717, 1.165) is 17.5 Å². The van der Waals surface area contributed by atoms with Crippen molar-refractivity contribution in [3.8, 4) is 0 Å². The highest BCUT2D eigenvalue weighted by molar-refractivity contribution is 4.99. The molecule has 0 bridgehead atoms. The van der Waals surface area contributed by atoms with E-state index in [4.69, 9.17) is 0 Å². The summed E-state index contributed by atoms with van der Waals surface area (Å²) in [5.74, 6) is 0. The van der Waals surface area contributed by atoms with Gasteiger partial charge >= 0.3 is 0 Å². The van der Waals surface area contributed by atoms with Crippen molar-refractivity contribution >= 4 is 0 Å². The van der Waals surface area contributed by atoms with E-state index in [0.29, 0.717) is 0 Å². The molecule has 82 valence electrons. The first kappa shape index (κ1) is 10.5. The summed E-state index contributed by atoms with van der Waals surface area (Å²) in [4.78, 5) is 0. The van der Waals surface area contributed by atoms with Crippen LogP contribution in [0.2, 0.25) is 0 Å². The van der Waals surface area contributed by atoms with Gasteiger partial charge in [0.25, 0.3) is 0 Å². The molecule has 14 heavy (non-hydrogen) atoms. The fraction of sp³-hybridized carbons (Fsp3) is 1.00. The van der Waals surface area contributed by atoms with Gasteiger partial charge < -0.3 is 5.32 Å². The van der Waals surface area contributed by atoms with E-state index in [9.17, 15) is 0 Å². The topological polar surface area (TPSA) is 12.0 Å². The number of nitrogens with one attached hydrogen (secondary N) is 1. The van der Waals surface area contributed by atoms with E-state index in [-0.39, 0.29) is 0 Å². The minimum absolute atomic E-state index is 0.746. The highest BCUT2D eigenvalue weighted by Crippen LogP contribution is 2.49. The lowest BCUT2D eigenvalue weighted by molar-refractivity contribution is 0.0582. The molecule has 0 aromatic heterocycles. The van der Waals surface area contributed by atoms with Gasteiger partial charge in [-0.2, -0.15) is 0 Å². The third-order valence-electron chi connectivity index (χ3n) is 3.97. The second kappa shape index (κ2) is 4.22. The van der Waals surface area contributed by atoms with Crippen LogP contribution in [0, 0.1) is 5.41 Å². The molecule has 2 rings (SSSR count). The first-order valence-electron chi connectivity index (χ1n) is 6.54. The van der Waals surface area contributed by atoms with Gasteiger partial charge in [-0.3, -0.25) is 0 Å². The minimum Gasteiger partial charge on any atom is -0.311 e. The molecule has 1 heteroatoms. The summed E-state index contributed by atoms with van der Waals surface area (Å²) < 4.78 is 0. The average Bonchev–Trinajstić information content (AvgIpc) is 2.86. The molecule has 0 amide bonds. The Morgan fingerprint density at radius 3 is 2.00 bits per heavy atom. The lowest BCUT2D eigenvalue weighted by atomic mass is 9.61. The summed E-state index contributed by atoms with van der Waals surface area (Å²) in [5, 5.41) is 3.76. The fourth-order valence-corrected chi connectivity index (χ4v) is 3.28. The van der Waals surface area contributed by atoms with Gasteiger partial charge in [0.1, 0.15) is 0 Å². The van der Waals surface area contributed by atoms with E-state index in [1.54, 1.807) is 0 Å². The zero-order chi connectivity index (χ0) is 10.0. The molecule has 0 saturated heterocycles. The van der Waals surface area contributed by atoms with Crippen LogP contribution in [0.3, 0.4) is 0 Å². The molecular weight excluding hydrogens is 170 g/mol. The Hall–Kier alpha value is -0.0400. The summed E-state index contributed by atoms with van der Waals surface area (Å²) in [5.41, 5.74) is 0.746. The van der Waals surface area contributed by atoms with E-state index >= 15 is 0 Å². The molecule has 0 aliphatic heterocycles. The van der Waals surface area contributed by atoms with Crippen molar-refractivity contribution in [1.82, 2.24) is 5.32 Å². The SMILES string of the molecule is CCCC1(CCC)CC(NC2CC2)C1. The van der Waals surface area contributed by atoms with Gasteiger partial charge in [0.05, 0.1) is 0 Å². The van der Waals surface area contributed by atoms with E-state index in [1.165, 1.54) is 51.4 Å². The monoisotopic (exact) mass is 195 g/mol. The number of rotatable bonds is 6. The smallest absolute Gasteiger partial charge is 0.00802 e. The van der Waals surface area contributed by atoms with Crippen molar-refractivity contribution < 1.29 is 0 Å². The zero-order valence-electron chi connectivity index (χ0n) is 9.81. The van der Waals surface area contributed by atoms with Crippen molar-refractivity contribution in [2.45, 2.75) is 77.3 Å². The third-order valence-corrected chi connectivity index (χ3v) is 3.97. The second-order valence-corrected chi connectivity index (χ2v) is 5.55. The van der Waals surface area contributed by atoms with Crippen LogP contribution in [-0.4, -0.2) is 12.1 Å². The lowest BCUT2D eigenvalue weighted by Gasteiger charge is -2.49. The van der Waals surface area contributed by atoms with Crippen LogP contribution in [0.1, 0.15) is 65.2 Å². The van der Waals surface area contributed by atoms with Gasteiger partial charge in [-0.25, -0.2) is 0 Å². The normalized spacial score (nSPS) is 26.1. The molecule has 2 saturated carbocycles. The average molecular weight is 195 g/mol. The van der Waals surface area contributed by atoms with E-state index < -0.39 is 0 Å². The van der Waals surface area contributed by atoms with Gasteiger partial charge in [-0.15, -0.1) is 0 Å². The van der Waals surface area contributed by atoms with Crippen LogP contribution in [0.4, 0.5) is 0 Å². The second-order valence-electron chi connectivity index (χ2n) is 5.55. The standard InChI is InChI=1S/C13H25N/c1-3-7-13(8-4-2)9-12(10-13)14-11-5-6-11/h11-12,14H,3-10H2,1-2H3. The van der Waals surface area contributed by atoms with Crippen LogP contribution < -0.4 is 5.32 Å². The van der Waals surface area contributed by atoms with E-state index in [2.05, 4.69) is 19.2 Å². The molecule has 0 aromatic carbocycles. The Labute approximate surface area is 88.7 Å². The maximum atomic E-state index is 3.76. The minimum atomic E-state index is 0.746. The van der Waals surface area contributed by atoms with Crippen molar-refractivity contribution in [1.29, 1.82) is 0 Å². The molecule has 1 N–H and O–H groups in total. The van der Waals surface area contributed by atoms with E-state index in [1.807, 2.05) is 0 Å². The lowest BCUT2D eigenvalue weighted by Crippen LogP contribution is -2.49. The highest BCUT2D eigenvalue weighted by Gasteiger charge is 2.43. The van der Waals surface area contributed by atoms with Gasteiger partial charge in [-0.05, 0) is 43.9 Å². The molecule has 0 atom stereocenters. The van der Waals surface area contributed by atoms with Gasteiger partial charge in [0, 0.05) is 12.1 Å². The van der Waals surface area contributed by atoms with Crippen LogP contribution in [-0.2, 0) is 0 Å². The summed E-state index contributed by atoms with van der Waals surface area (Å²) >= 11 is 0. The molecule has 0 unspecified atom stereocenters. The predicted molar refractivity (Wildman–Crippen MR) is 61.4 cm³/mol. The molecule has 2 fully saturated rings. The van der Waals surface area contributed by atoms with Crippen molar-refractivity contribution in [2.24, 2.45) is 5.41 Å². The van der Waals surface area contributed by atoms with Crippen LogP contribution in [0.5, 0.6) is 0 Å². The fourth-order valence-electron chi connectivity index (χ4n) is 3.28. The van der Waals surface area contributed by atoms with Crippen molar-refractivity contribution in [2.75, 3.05) is 0 Å². The molecular formula is C13H25N. The molecule has 0 heterocycles. The molecule has 0 aromatic rings. The number of hydrogen-bond donors (Lipinski definition) is 1. The van der Waals surface area contributed by atoms with Gasteiger partial charge in [0.2, 0.25) is 0 Å². The molecule has 2 aliphatic rings. The number of hydrogen-bond acceptors (Lipinski definition) is 1. The Morgan fingerprint density at radius 1 is 1.00 bits per heavy atom. The Kier molecular flexibility index (Phi) is 3.16. The quantitative estimate of drug-likeness (QED) is 0.684. The van der Waals surface area contributed by atoms with Gasteiger partial charge in [0.15, 0.2) is 0 Å². The molecule has 2 aliphatic carbocycles. The third kappa shape index (κ3) is 2.31. The van der Waals surface area contributed by atoms with Gasteiger partial charge in [-0.1, -0.05) is 26.7 Å². The Balaban J connectivity index is 1.73. The predicted octanol–water partition coefficient (Wildman–Crippen LogP) is 3.49. The van der Waals surface area contributed by atoms with Crippen LogP contribution in [0.15, 0.2) is 0 Å². The highest BCUT2D eigenvalue weighted by atomic mass is 15.0. The summed E-state index contributed by atoms with van der Waals surface area (Å²) in [7, 11) is 0. The summed E-state index contributed by atoms with van der Waals surface area (Å²) in [6.45, 7) is 4.66. The molecule has 1 nitrogen and oxygen atoms in total. The largest absolute Gasteiger partial charge is 0.311 e. The zero-order valence-corrected chi connectivity index (χ0v) is 9.81. The molecule has 0 radical (unpaired) electrons. The van der Waals surface area contributed by atoms with Crippen molar-refractivity contribution in [3.05, 3.63) is 0 Å². The maximum Gasteiger partial charge on any atom is 0.00802 e. The Bertz CT molecular complexity index is 170. The first-order chi connectivity index (χ1) is 6.78. The first-order valence-corrected chi connectivity index (χ1v) is 6.54. The summed E-state index contributed by atoms with van der Waals surface area (Å²) in [6, 6.07) is 1.78.